The van der Waals surface area contributed by atoms with Crippen molar-refractivity contribution in [3.8, 4) is 0 Å². The van der Waals surface area contributed by atoms with Gasteiger partial charge in [-0.05, 0) is 47.2 Å². The van der Waals surface area contributed by atoms with Crippen LogP contribution in [0.1, 0.15) is 16.7 Å². The Bertz CT molecular complexity index is 481. The van der Waals surface area contributed by atoms with Gasteiger partial charge in [-0.25, -0.2) is 0 Å². The summed E-state index contributed by atoms with van der Waals surface area (Å²) in [6.07, 6.45) is 2.56. The minimum absolute atomic E-state index is 1.28. The molecule has 64 valence electrons. The minimum Gasteiger partial charge on any atom is -0.0616 e. The van der Waals surface area contributed by atoms with Crippen molar-refractivity contribution in [2.75, 3.05) is 0 Å². The zero-order chi connectivity index (χ0) is 8.84. The second kappa shape index (κ2) is 2.35. The Morgan fingerprint density at radius 3 is 2.69 bits per heavy atom. The SMILES string of the molecule is Cc1c2c(cc3ccccc13)CC2. The molecule has 0 fully saturated rings. The van der Waals surface area contributed by atoms with Gasteiger partial charge in [0.1, 0.15) is 0 Å². The predicted octanol–water partition coefficient (Wildman–Crippen LogP) is 3.25. The molecule has 0 atom stereocenters. The van der Waals surface area contributed by atoms with Gasteiger partial charge in [0, 0.05) is 0 Å². The van der Waals surface area contributed by atoms with Crippen LogP contribution in [0.4, 0.5) is 0 Å². The maximum Gasteiger partial charge on any atom is -0.0152 e. The van der Waals surface area contributed by atoms with Gasteiger partial charge in [0.2, 0.25) is 0 Å². The molecule has 2 aromatic carbocycles. The van der Waals surface area contributed by atoms with Gasteiger partial charge in [-0.2, -0.15) is 0 Å². The Morgan fingerprint density at radius 1 is 1.08 bits per heavy atom. The van der Waals surface area contributed by atoms with Crippen LogP contribution in [-0.2, 0) is 12.8 Å². The van der Waals surface area contributed by atoms with Crippen LogP contribution in [0.2, 0.25) is 0 Å². The molecule has 0 spiro atoms. The summed E-state index contributed by atoms with van der Waals surface area (Å²) in [6, 6.07) is 11.0. The molecule has 2 aromatic rings. The van der Waals surface area contributed by atoms with E-state index < -0.39 is 0 Å². The van der Waals surface area contributed by atoms with Gasteiger partial charge in [-0.3, -0.25) is 0 Å². The maximum atomic E-state index is 2.35. The van der Waals surface area contributed by atoms with E-state index in [0.29, 0.717) is 0 Å². The predicted molar refractivity (Wildman–Crippen MR) is 56.1 cm³/mol. The van der Waals surface area contributed by atoms with E-state index in [9.17, 15) is 0 Å². The van der Waals surface area contributed by atoms with E-state index in [1.807, 2.05) is 0 Å². The van der Waals surface area contributed by atoms with E-state index in [4.69, 9.17) is 0 Å². The van der Waals surface area contributed by atoms with Gasteiger partial charge in [0.05, 0.1) is 0 Å². The Balaban J connectivity index is 2.49. The molecule has 1 aliphatic carbocycles. The number of aryl methyl sites for hydroxylation is 2. The van der Waals surface area contributed by atoms with E-state index >= 15 is 0 Å². The quantitative estimate of drug-likeness (QED) is 0.566. The summed E-state index contributed by atoms with van der Waals surface area (Å²) >= 11 is 0. The molecule has 0 amide bonds. The number of rotatable bonds is 0. The van der Waals surface area contributed by atoms with E-state index in [0.717, 1.165) is 0 Å². The summed E-state index contributed by atoms with van der Waals surface area (Å²) in [5, 5.41) is 2.83. The van der Waals surface area contributed by atoms with Crippen LogP contribution in [-0.4, -0.2) is 0 Å². The topological polar surface area (TPSA) is 0 Å². The van der Waals surface area contributed by atoms with Crippen molar-refractivity contribution in [3.05, 3.63) is 47.0 Å². The van der Waals surface area contributed by atoms with E-state index in [2.05, 4.69) is 37.3 Å². The maximum absolute atomic E-state index is 2.35. The molecule has 0 aliphatic heterocycles. The van der Waals surface area contributed by atoms with Gasteiger partial charge in [0.25, 0.3) is 0 Å². The lowest BCUT2D eigenvalue weighted by atomic mass is 9.82. The lowest BCUT2D eigenvalue weighted by molar-refractivity contribution is 0.833. The fourth-order valence-corrected chi connectivity index (χ4v) is 2.30. The second-order valence-electron chi connectivity index (χ2n) is 3.86. The van der Waals surface area contributed by atoms with Crippen LogP contribution in [0.3, 0.4) is 0 Å². The van der Waals surface area contributed by atoms with Crippen molar-refractivity contribution in [1.29, 1.82) is 0 Å². The Kier molecular flexibility index (Phi) is 1.29. The molecule has 0 radical (unpaired) electrons. The third kappa shape index (κ3) is 0.859. The molecule has 0 aromatic heterocycles. The van der Waals surface area contributed by atoms with Crippen molar-refractivity contribution in [3.63, 3.8) is 0 Å². The first kappa shape index (κ1) is 7.14. The summed E-state index contributed by atoms with van der Waals surface area (Å²) in [5.41, 5.74) is 4.66. The molecule has 1 aliphatic rings. The normalized spacial score (nSPS) is 13.9. The first-order valence-corrected chi connectivity index (χ1v) is 4.86. The number of hydrogen-bond acceptors (Lipinski definition) is 0. The van der Waals surface area contributed by atoms with E-state index in [1.54, 1.807) is 11.1 Å². The van der Waals surface area contributed by atoms with Crippen molar-refractivity contribution >= 4 is 10.8 Å². The molecule has 3 rings (SSSR count). The molecule has 0 heterocycles. The third-order valence-electron chi connectivity index (χ3n) is 3.18. The zero-order valence-corrected chi connectivity index (χ0v) is 7.80. The first-order valence-electron chi connectivity index (χ1n) is 4.86. The van der Waals surface area contributed by atoms with Gasteiger partial charge in [-0.1, -0.05) is 30.3 Å². The van der Waals surface area contributed by atoms with Crippen LogP contribution in [0.5, 0.6) is 0 Å². The molecular weight excluding hydrogens is 156 g/mol. The lowest BCUT2D eigenvalue weighted by Gasteiger charge is -2.22. The number of hydrogen-bond donors (Lipinski definition) is 0. The highest BCUT2D eigenvalue weighted by molar-refractivity contribution is 5.88. The second-order valence-corrected chi connectivity index (χ2v) is 3.86. The summed E-state index contributed by atoms with van der Waals surface area (Å²) < 4.78 is 0. The highest BCUT2D eigenvalue weighted by Gasteiger charge is 2.16. The molecule has 0 saturated heterocycles. The molecule has 0 heteroatoms. The Morgan fingerprint density at radius 2 is 1.92 bits per heavy atom. The molecule has 0 saturated carbocycles. The summed E-state index contributed by atoms with van der Waals surface area (Å²) in [5.74, 6) is 0. The van der Waals surface area contributed by atoms with E-state index in [1.165, 1.54) is 29.2 Å². The number of benzene rings is 2. The Hall–Kier alpha value is -1.30. The Labute approximate surface area is 78.2 Å². The van der Waals surface area contributed by atoms with Gasteiger partial charge >= 0.3 is 0 Å². The lowest BCUT2D eigenvalue weighted by Crippen LogP contribution is -2.10. The van der Waals surface area contributed by atoms with Crippen molar-refractivity contribution in [2.45, 2.75) is 19.8 Å². The van der Waals surface area contributed by atoms with Crippen LogP contribution in [0.15, 0.2) is 30.3 Å². The van der Waals surface area contributed by atoms with Crippen LogP contribution in [0.25, 0.3) is 10.8 Å². The zero-order valence-electron chi connectivity index (χ0n) is 7.80. The third-order valence-corrected chi connectivity index (χ3v) is 3.18. The first-order chi connectivity index (χ1) is 6.36. The molecule has 0 bridgehead atoms. The highest BCUT2D eigenvalue weighted by Crippen LogP contribution is 2.32. The summed E-state index contributed by atoms with van der Waals surface area (Å²) in [7, 11) is 0. The summed E-state index contributed by atoms with van der Waals surface area (Å²) in [6.45, 7) is 2.25. The van der Waals surface area contributed by atoms with Crippen LogP contribution in [0, 0.1) is 6.92 Å². The molecule has 13 heavy (non-hydrogen) atoms. The molecule has 0 unspecified atom stereocenters. The average molecular weight is 168 g/mol. The van der Waals surface area contributed by atoms with Crippen molar-refractivity contribution < 1.29 is 0 Å². The van der Waals surface area contributed by atoms with Gasteiger partial charge in [-0.15, -0.1) is 0 Å². The smallest absolute Gasteiger partial charge is 0.0152 e. The standard InChI is InChI=1S/C13H12/c1-9-12-5-3-2-4-10(12)8-11-6-7-13(9)11/h2-5,8H,6-7H2,1H3. The van der Waals surface area contributed by atoms with Gasteiger partial charge < -0.3 is 0 Å². The fourth-order valence-electron chi connectivity index (χ4n) is 2.30. The largest absolute Gasteiger partial charge is 0.0616 e. The van der Waals surface area contributed by atoms with Crippen LogP contribution >= 0.6 is 0 Å². The minimum atomic E-state index is 1.28. The average Bonchev–Trinajstić information content (AvgIpc) is 2.11. The molecule has 0 nitrogen and oxygen atoms in total. The van der Waals surface area contributed by atoms with Crippen molar-refractivity contribution in [2.24, 2.45) is 0 Å². The molecular formula is C13H12. The monoisotopic (exact) mass is 168 g/mol. The van der Waals surface area contributed by atoms with Gasteiger partial charge in [0.15, 0.2) is 0 Å². The number of fused-ring (bicyclic) bond motifs is 2. The summed E-state index contributed by atoms with van der Waals surface area (Å²) in [4.78, 5) is 0. The molecule has 0 N–H and O–H groups in total. The van der Waals surface area contributed by atoms with E-state index in [-0.39, 0.29) is 0 Å². The fraction of sp³-hybridized carbons (Fsp3) is 0.231. The highest BCUT2D eigenvalue weighted by atomic mass is 14.2. The van der Waals surface area contributed by atoms with Crippen molar-refractivity contribution in [1.82, 2.24) is 0 Å². The van der Waals surface area contributed by atoms with Crippen LogP contribution < -0.4 is 0 Å².